The summed E-state index contributed by atoms with van der Waals surface area (Å²) in [5.41, 5.74) is 0. The number of nitrogens with one attached hydrogen (secondary N) is 1. The summed E-state index contributed by atoms with van der Waals surface area (Å²) in [6.07, 6.45) is 2.20. The minimum Gasteiger partial charge on any atom is -0.449 e. The molecule has 1 amide bonds. The van der Waals surface area contributed by atoms with E-state index in [1.54, 1.807) is 11.6 Å². The van der Waals surface area contributed by atoms with Crippen molar-refractivity contribution in [1.29, 1.82) is 0 Å². The zero-order valence-corrected chi connectivity index (χ0v) is 11.5. The van der Waals surface area contributed by atoms with Crippen molar-refractivity contribution in [3.05, 3.63) is 0 Å². The maximum atomic E-state index is 12.0. The SMILES string of the molecule is CCOC(=O)NS(=O)(=O)N1CCCCCC1N=C=O. The van der Waals surface area contributed by atoms with E-state index in [9.17, 15) is 18.0 Å². The number of hydrogen-bond donors (Lipinski definition) is 1. The molecule has 0 aromatic rings. The molecule has 0 aromatic carbocycles. The molecular weight excluding hydrogens is 274 g/mol. The number of aliphatic imine (C=N–C) groups is 1. The summed E-state index contributed by atoms with van der Waals surface area (Å²) in [5, 5.41) is 0. The van der Waals surface area contributed by atoms with Gasteiger partial charge in [0.25, 0.3) is 0 Å². The van der Waals surface area contributed by atoms with Crippen molar-refractivity contribution >= 4 is 22.4 Å². The molecule has 0 aromatic heterocycles. The lowest BCUT2D eigenvalue weighted by molar-refractivity contribution is 0.157. The lowest BCUT2D eigenvalue weighted by Crippen LogP contribution is -2.47. The molecule has 1 N–H and O–H groups in total. The maximum Gasteiger partial charge on any atom is 0.421 e. The van der Waals surface area contributed by atoms with Crippen LogP contribution in [0, 0.1) is 0 Å². The number of carbonyl (C=O) groups excluding carboxylic acids is 2. The Labute approximate surface area is 112 Å². The zero-order chi connectivity index (χ0) is 14.3. The second-order valence-corrected chi connectivity index (χ2v) is 5.61. The van der Waals surface area contributed by atoms with Crippen molar-refractivity contribution in [3.8, 4) is 0 Å². The summed E-state index contributed by atoms with van der Waals surface area (Å²) in [6, 6.07) is 0. The van der Waals surface area contributed by atoms with Crippen molar-refractivity contribution in [3.63, 3.8) is 0 Å². The molecule has 1 aliphatic heterocycles. The Hall–Kier alpha value is -1.44. The fourth-order valence-electron chi connectivity index (χ4n) is 1.86. The third-order valence-electron chi connectivity index (χ3n) is 2.67. The van der Waals surface area contributed by atoms with Crippen LogP contribution in [-0.2, 0) is 19.7 Å². The summed E-state index contributed by atoms with van der Waals surface area (Å²) < 4.78 is 31.4. The van der Waals surface area contributed by atoms with E-state index >= 15 is 0 Å². The molecule has 0 bridgehead atoms. The van der Waals surface area contributed by atoms with Gasteiger partial charge >= 0.3 is 16.3 Å². The molecule has 8 nitrogen and oxygen atoms in total. The molecule has 0 radical (unpaired) electrons. The number of hydrogen-bond acceptors (Lipinski definition) is 6. The van der Waals surface area contributed by atoms with Gasteiger partial charge in [0.05, 0.1) is 6.61 Å². The van der Waals surface area contributed by atoms with E-state index in [0.717, 1.165) is 17.1 Å². The van der Waals surface area contributed by atoms with Gasteiger partial charge in [-0.3, -0.25) is 0 Å². The number of carbonyl (C=O) groups is 1. The van der Waals surface area contributed by atoms with Crippen LogP contribution < -0.4 is 4.72 Å². The Morgan fingerprint density at radius 3 is 2.84 bits per heavy atom. The largest absolute Gasteiger partial charge is 0.449 e. The Kier molecular flexibility index (Phi) is 5.94. The summed E-state index contributed by atoms with van der Waals surface area (Å²) >= 11 is 0. The Morgan fingerprint density at radius 1 is 1.47 bits per heavy atom. The Morgan fingerprint density at radius 2 is 2.21 bits per heavy atom. The number of amides is 1. The molecule has 19 heavy (non-hydrogen) atoms. The zero-order valence-electron chi connectivity index (χ0n) is 10.7. The summed E-state index contributed by atoms with van der Waals surface area (Å²) in [5.74, 6) is 0. The molecule has 1 fully saturated rings. The first kappa shape index (κ1) is 15.6. The second-order valence-electron chi connectivity index (χ2n) is 3.99. The highest BCUT2D eigenvalue weighted by Gasteiger charge is 2.32. The average Bonchev–Trinajstić information content (AvgIpc) is 2.55. The van der Waals surface area contributed by atoms with Crippen LogP contribution in [0.3, 0.4) is 0 Å². The van der Waals surface area contributed by atoms with Crippen molar-refractivity contribution in [1.82, 2.24) is 9.03 Å². The van der Waals surface area contributed by atoms with E-state index < -0.39 is 22.5 Å². The third kappa shape index (κ3) is 4.62. The average molecular weight is 291 g/mol. The predicted octanol–water partition coefficient (Wildman–Crippen LogP) is 0.515. The molecule has 0 saturated carbocycles. The minimum absolute atomic E-state index is 0.0667. The highest BCUT2D eigenvalue weighted by molar-refractivity contribution is 7.87. The Bertz CT molecular complexity index is 458. The lowest BCUT2D eigenvalue weighted by atomic mass is 10.2. The minimum atomic E-state index is -4.06. The van der Waals surface area contributed by atoms with Crippen LogP contribution in [-0.4, -0.2) is 44.2 Å². The van der Waals surface area contributed by atoms with Crippen LogP contribution in [0.15, 0.2) is 4.99 Å². The topological polar surface area (TPSA) is 105 Å². The standard InChI is InChI=1S/C10H17N3O5S/c1-2-18-10(15)12-19(16,17)13-7-5-3-4-6-9(13)11-8-14/h9H,2-7H2,1H3,(H,12,15). The van der Waals surface area contributed by atoms with Gasteiger partial charge < -0.3 is 4.74 Å². The Balaban J connectivity index is 2.87. The van der Waals surface area contributed by atoms with Crippen LogP contribution in [0.25, 0.3) is 0 Å². The van der Waals surface area contributed by atoms with E-state index in [4.69, 9.17) is 0 Å². The number of rotatable bonds is 4. The summed E-state index contributed by atoms with van der Waals surface area (Å²) in [6.45, 7) is 1.83. The van der Waals surface area contributed by atoms with Crippen LogP contribution in [0.2, 0.25) is 0 Å². The number of isocyanates is 1. The highest BCUT2D eigenvalue weighted by Crippen LogP contribution is 2.19. The molecule has 9 heteroatoms. The van der Waals surface area contributed by atoms with Gasteiger partial charge in [0.2, 0.25) is 6.08 Å². The van der Waals surface area contributed by atoms with Crippen LogP contribution in [0.4, 0.5) is 4.79 Å². The lowest BCUT2D eigenvalue weighted by Gasteiger charge is -2.24. The van der Waals surface area contributed by atoms with Gasteiger partial charge in [-0.1, -0.05) is 6.42 Å². The third-order valence-corrected chi connectivity index (χ3v) is 4.14. The van der Waals surface area contributed by atoms with Gasteiger partial charge in [0.1, 0.15) is 6.17 Å². The monoisotopic (exact) mass is 291 g/mol. The van der Waals surface area contributed by atoms with Gasteiger partial charge in [-0.05, 0) is 26.2 Å². The van der Waals surface area contributed by atoms with E-state index in [0.29, 0.717) is 12.8 Å². The van der Waals surface area contributed by atoms with Crippen molar-refractivity contribution in [2.24, 2.45) is 4.99 Å². The van der Waals surface area contributed by atoms with E-state index in [-0.39, 0.29) is 13.2 Å². The molecule has 1 atom stereocenters. The summed E-state index contributed by atoms with van der Waals surface area (Å²) in [4.78, 5) is 25.1. The molecule has 108 valence electrons. The molecule has 0 spiro atoms. The normalized spacial score (nSPS) is 21.0. The quantitative estimate of drug-likeness (QED) is 0.600. The number of ether oxygens (including phenoxy) is 1. The van der Waals surface area contributed by atoms with Crippen LogP contribution >= 0.6 is 0 Å². The molecular formula is C10H17N3O5S. The first-order valence-corrected chi connectivity index (χ1v) is 7.48. The van der Waals surface area contributed by atoms with E-state index in [2.05, 4.69) is 9.73 Å². The van der Waals surface area contributed by atoms with Crippen LogP contribution in [0.1, 0.15) is 32.6 Å². The highest BCUT2D eigenvalue weighted by atomic mass is 32.2. The van der Waals surface area contributed by atoms with Crippen molar-refractivity contribution < 1.29 is 22.7 Å². The molecule has 1 heterocycles. The van der Waals surface area contributed by atoms with Crippen LogP contribution in [0.5, 0.6) is 0 Å². The van der Waals surface area contributed by atoms with Crippen molar-refractivity contribution in [2.75, 3.05) is 13.2 Å². The first-order valence-electron chi connectivity index (χ1n) is 6.04. The molecule has 0 aliphatic carbocycles. The van der Waals surface area contributed by atoms with E-state index in [1.165, 1.54) is 6.08 Å². The molecule has 1 rings (SSSR count). The van der Waals surface area contributed by atoms with Gasteiger partial charge in [-0.25, -0.2) is 14.3 Å². The summed E-state index contributed by atoms with van der Waals surface area (Å²) in [7, 11) is -4.06. The maximum absolute atomic E-state index is 12.0. The van der Waals surface area contributed by atoms with Gasteiger partial charge in [0.15, 0.2) is 0 Å². The molecule has 1 aliphatic rings. The van der Waals surface area contributed by atoms with Gasteiger partial charge in [-0.15, -0.1) is 0 Å². The van der Waals surface area contributed by atoms with Gasteiger partial charge in [0, 0.05) is 6.54 Å². The fraction of sp³-hybridized carbons (Fsp3) is 0.800. The molecule has 1 unspecified atom stereocenters. The smallest absolute Gasteiger partial charge is 0.421 e. The van der Waals surface area contributed by atoms with Gasteiger partial charge in [-0.2, -0.15) is 17.7 Å². The predicted molar refractivity (Wildman–Crippen MR) is 66.2 cm³/mol. The first-order chi connectivity index (χ1) is 9.01. The molecule has 1 saturated heterocycles. The fourth-order valence-corrected chi connectivity index (χ4v) is 3.09. The number of nitrogens with zero attached hydrogens (tertiary/aromatic N) is 2. The second kappa shape index (κ2) is 7.22. The van der Waals surface area contributed by atoms with Crippen molar-refractivity contribution in [2.45, 2.75) is 38.8 Å². The van der Waals surface area contributed by atoms with E-state index in [1.807, 2.05) is 0 Å².